The second-order valence-corrected chi connectivity index (χ2v) is 7.79. The van der Waals surface area contributed by atoms with Gasteiger partial charge >= 0.3 is 0 Å². The second kappa shape index (κ2) is 6.54. The molecule has 134 valence electrons. The van der Waals surface area contributed by atoms with Gasteiger partial charge in [0.05, 0.1) is 10.4 Å². The van der Waals surface area contributed by atoms with Crippen molar-refractivity contribution in [3.05, 3.63) is 54.9 Å². The highest BCUT2D eigenvalue weighted by molar-refractivity contribution is 7.89. The average molecular weight is 369 g/mol. The molecule has 1 fully saturated rings. The molecule has 2 N–H and O–H groups in total. The van der Waals surface area contributed by atoms with Crippen LogP contribution in [0.1, 0.15) is 0 Å². The van der Waals surface area contributed by atoms with Crippen molar-refractivity contribution in [1.29, 1.82) is 0 Å². The second-order valence-electron chi connectivity index (χ2n) is 6.23. The van der Waals surface area contributed by atoms with Crippen molar-refractivity contribution >= 4 is 32.4 Å². The van der Waals surface area contributed by atoms with E-state index in [0.717, 1.165) is 48.6 Å². The summed E-state index contributed by atoms with van der Waals surface area (Å²) in [6, 6.07) is 14.7. The van der Waals surface area contributed by atoms with Gasteiger partial charge < -0.3 is 9.80 Å². The highest BCUT2D eigenvalue weighted by Gasteiger charge is 2.20. The van der Waals surface area contributed by atoms with Gasteiger partial charge in [0.2, 0.25) is 10.0 Å². The molecule has 0 saturated carbocycles. The maximum absolute atomic E-state index is 11.4. The molecule has 0 aliphatic carbocycles. The summed E-state index contributed by atoms with van der Waals surface area (Å²) in [6.45, 7) is 3.32. The predicted molar refractivity (Wildman–Crippen MR) is 102 cm³/mol. The maximum atomic E-state index is 11.4. The topological polar surface area (TPSA) is 92.4 Å². The lowest BCUT2D eigenvalue weighted by molar-refractivity contribution is 0.597. The number of primary sulfonamides is 1. The Hall–Kier alpha value is -2.71. The van der Waals surface area contributed by atoms with Crippen LogP contribution in [0.25, 0.3) is 10.9 Å². The Balaban J connectivity index is 1.50. The molecular weight excluding hydrogens is 350 g/mol. The Kier molecular flexibility index (Phi) is 4.21. The molecular formula is C18H19N5O2S. The first-order valence-electron chi connectivity index (χ1n) is 8.35. The molecule has 3 aromatic rings. The van der Waals surface area contributed by atoms with E-state index in [0.29, 0.717) is 0 Å². The van der Waals surface area contributed by atoms with Crippen LogP contribution in [0.4, 0.5) is 11.5 Å². The van der Waals surface area contributed by atoms with Gasteiger partial charge in [0.15, 0.2) is 0 Å². The lowest BCUT2D eigenvalue weighted by atomic mass is 10.2. The minimum Gasteiger partial charge on any atom is -0.368 e. The lowest BCUT2D eigenvalue weighted by Crippen LogP contribution is -2.46. The van der Waals surface area contributed by atoms with Crippen LogP contribution in [0.15, 0.2) is 59.8 Å². The van der Waals surface area contributed by atoms with E-state index in [9.17, 15) is 8.42 Å². The average Bonchev–Trinajstić information content (AvgIpc) is 2.67. The molecule has 2 heterocycles. The molecule has 1 aromatic heterocycles. The number of sulfonamides is 1. The zero-order chi connectivity index (χ0) is 18.1. The minimum atomic E-state index is -3.66. The molecule has 8 heteroatoms. The van der Waals surface area contributed by atoms with Crippen molar-refractivity contribution in [3.63, 3.8) is 0 Å². The van der Waals surface area contributed by atoms with E-state index in [1.165, 1.54) is 0 Å². The molecule has 1 saturated heterocycles. The van der Waals surface area contributed by atoms with Gasteiger partial charge in [-0.15, -0.1) is 0 Å². The van der Waals surface area contributed by atoms with Gasteiger partial charge in [-0.3, -0.25) is 0 Å². The third-order valence-electron chi connectivity index (χ3n) is 4.63. The van der Waals surface area contributed by atoms with Crippen LogP contribution >= 0.6 is 0 Å². The number of aromatic nitrogens is 2. The third-order valence-corrected chi connectivity index (χ3v) is 5.56. The molecule has 0 spiro atoms. The van der Waals surface area contributed by atoms with Crippen LogP contribution in [0, 0.1) is 0 Å². The molecule has 0 radical (unpaired) electrons. The maximum Gasteiger partial charge on any atom is 0.238 e. The molecule has 4 rings (SSSR count). The quantitative estimate of drug-likeness (QED) is 0.754. The number of nitrogens with zero attached hydrogens (tertiary/aromatic N) is 4. The molecule has 0 bridgehead atoms. The fraction of sp³-hybridized carbons (Fsp3) is 0.222. The number of hydrogen-bond donors (Lipinski definition) is 1. The van der Waals surface area contributed by atoms with Crippen LogP contribution in [-0.4, -0.2) is 44.6 Å². The standard InChI is InChI=1S/C18H19N5O2S/c19-26(24,25)15-7-5-14(6-8-15)22-9-11-23(12-10-22)18-16-3-1-2-4-17(16)20-13-21-18/h1-8,13H,9-12H2,(H2,19,24,25). The zero-order valence-electron chi connectivity index (χ0n) is 14.1. The summed E-state index contributed by atoms with van der Waals surface area (Å²) >= 11 is 0. The minimum absolute atomic E-state index is 0.132. The van der Waals surface area contributed by atoms with Crippen LogP contribution in [0.2, 0.25) is 0 Å². The van der Waals surface area contributed by atoms with Gasteiger partial charge in [-0.2, -0.15) is 0 Å². The molecule has 0 amide bonds. The molecule has 0 atom stereocenters. The summed E-state index contributed by atoms with van der Waals surface area (Å²) in [5.74, 6) is 0.958. The van der Waals surface area contributed by atoms with Gasteiger partial charge in [0, 0.05) is 37.3 Å². The fourth-order valence-electron chi connectivity index (χ4n) is 3.27. The van der Waals surface area contributed by atoms with Gasteiger partial charge in [-0.05, 0) is 36.4 Å². The van der Waals surface area contributed by atoms with Crippen molar-refractivity contribution in [2.45, 2.75) is 4.90 Å². The van der Waals surface area contributed by atoms with Crippen molar-refractivity contribution in [1.82, 2.24) is 9.97 Å². The number of anilines is 2. The number of rotatable bonds is 3. The highest BCUT2D eigenvalue weighted by Crippen LogP contribution is 2.25. The molecule has 26 heavy (non-hydrogen) atoms. The number of benzene rings is 2. The van der Waals surface area contributed by atoms with Crippen LogP contribution < -0.4 is 14.9 Å². The molecule has 7 nitrogen and oxygen atoms in total. The predicted octanol–water partition coefficient (Wildman–Crippen LogP) is 1.60. The zero-order valence-corrected chi connectivity index (χ0v) is 14.9. The summed E-state index contributed by atoms with van der Waals surface area (Å²) in [5.41, 5.74) is 1.93. The smallest absolute Gasteiger partial charge is 0.238 e. The SMILES string of the molecule is NS(=O)(=O)c1ccc(N2CCN(c3ncnc4ccccc34)CC2)cc1. The van der Waals surface area contributed by atoms with Crippen molar-refractivity contribution in [2.24, 2.45) is 5.14 Å². The number of piperazine rings is 1. The normalized spacial score (nSPS) is 15.4. The van der Waals surface area contributed by atoms with E-state index in [4.69, 9.17) is 5.14 Å². The molecule has 0 unspecified atom stereocenters. The van der Waals surface area contributed by atoms with Crippen molar-refractivity contribution < 1.29 is 8.42 Å². The van der Waals surface area contributed by atoms with E-state index in [2.05, 4.69) is 19.8 Å². The van der Waals surface area contributed by atoms with Crippen LogP contribution in [0.5, 0.6) is 0 Å². The largest absolute Gasteiger partial charge is 0.368 e. The number of nitrogens with two attached hydrogens (primary N) is 1. The van der Waals surface area contributed by atoms with E-state index in [1.54, 1.807) is 30.6 Å². The summed E-state index contributed by atoms with van der Waals surface area (Å²) in [6.07, 6.45) is 1.61. The first-order valence-corrected chi connectivity index (χ1v) is 9.89. The Morgan fingerprint density at radius 2 is 1.50 bits per heavy atom. The number of hydrogen-bond acceptors (Lipinski definition) is 6. The van der Waals surface area contributed by atoms with E-state index < -0.39 is 10.0 Å². The Morgan fingerprint density at radius 1 is 0.846 bits per heavy atom. The Bertz CT molecular complexity index is 1020. The Labute approximate surface area is 152 Å². The monoisotopic (exact) mass is 369 g/mol. The highest BCUT2D eigenvalue weighted by atomic mass is 32.2. The summed E-state index contributed by atoms with van der Waals surface area (Å²) in [7, 11) is -3.66. The molecule has 2 aromatic carbocycles. The van der Waals surface area contributed by atoms with Crippen LogP contribution in [-0.2, 0) is 10.0 Å². The first kappa shape index (κ1) is 16.7. The van der Waals surface area contributed by atoms with Crippen molar-refractivity contribution in [2.75, 3.05) is 36.0 Å². The van der Waals surface area contributed by atoms with Gasteiger partial charge in [-0.25, -0.2) is 23.5 Å². The fourth-order valence-corrected chi connectivity index (χ4v) is 3.78. The number of para-hydroxylation sites is 1. The summed E-state index contributed by atoms with van der Waals surface area (Å²) in [4.78, 5) is 13.4. The van der Waals surface area contributed by atoms with E-state index in [-0.39, 0.29) is 4.90 Å². The first-order chi connectivity index (χ1) is 12.5. The number of fused-ring (bicyclic) bond motifs is 1. The van der Waals surface area contributed by atoms with E-state index >= 15 is 0 Å². The lowest BCUT2D eigenvalue weighted by Gasteiger charge is -2.37. The third kappa shape index (κ3) is 3.21. The van der Waals surface area contributed by atoms with Gasteiger partial charge in [0.1, 0.15) is 12.1 Å². The summed E-state index contributed by atoms with van der Waals surface area (Å²) in [5, 5.41) is 6.21. The molecule has 1 aliphatic heterocycles. The summed E-state index contributed by atoms with van der Waals surface area (Å²) < 4.78 is 22.7. The van der Waals surface area contributed by atoms with E-state index in [1.807, 2.05) is 24.3 Å². The van der Waals surface area contributed by atoms with Gasteiger partial charge in [-0.1, -0.05) is 12.1 Å². The van der Waals surface area contributed by atoms with Crippen molar-refractivity contribution in [3.8, 4) is 0 Å². The van der Waals surface area contributed by atoms with Gasteiger partial charge in [0.25, 0.3) is 0 Å². The molecule has 1 aliphatic rings. The van der Waals surface area contributed by atoms with Crippen LogP contribution in [0.3, 0.4) is 0 Å². The Morgan fingerprint density at radius 3 is 2.19 bits per heavy atom.